The molecule has 0 aromatic heterocycles. The standard InChI is InChI=1S/C17H26N2O2/c1-12(2)21-17-7-6-14(9-15(17)18)16(20)11-19-8-4-5-13(3)10-19/h6-7,9,12-13H,4-5,8,10-11,18H2,1-3H3. The van der Waals surface area contributed by atoms with Crippen molar-refractivity contribution in [2.75, 3.05) is 25.4 Å². The fourth-order valence-electron chi connectivity index (χ4n) is 2.81. The summed E-state index contributed by atoms with van der Waals surface area (Å²) >= 11 is 0. The Balaban J connectivity index is 2.00. The van der Waals surface area contributed by atoms with E-state index in [0.717, 1.165) is 13.1 Å². The molecule has 1 aromatic carbocycles. The third kappa shape index (κ3) is 4.46. The Morgan fingerprint density at radius 3 is 2.86 bits per heavy atom. The number of hydrogen-bond donors (Lipinski definition) is 1. The van der Waals surface area contributed by atoms with E-state index in [1.807, 2.05) is 19.9 Å². The number of nitrogens with zero attached hydrogens (tertiary/aromatic N) is 1. The number of nitrogen functional groups attached to an aromatic ring is 1. The summed E-state index contributed by atoms with van der Waals surface area (Å²) in [5.74, 6) is 1.46. The van der Waals surface area contributed by atoms with Gasteiger partial charge in [0.2, 0.25) is 0 Å². The van der Waals surface area contributed by atoms with Crippen LogP contribution in [0.4, 0.5) is 5.69 Å². The summed E-state index contributed by atoms with van der Waals surface area (Å²) in [6.45, 7) is 8.66. The fraction of sp³-hybridized carbons (Fsp3) is 0.588. The zero-order chi connectivity index (χ0) is 15.4. The van der Waals surface area contributed by atoms with Crippen molar-refractivity contribution in [2.24, 2.45) is 5.92 Å². The first-order valence-corrected chi connectivity index (χ1v) is 7.77. The smallest absolute Gasteiger partial charge is 0.176 e. The van der Waals surface area contributed by atoms with Gasteiger partial charge in [0.25, 0.3) is 0 Å². The second kappa shape index (κ2) is 6.94. The molecule has 4 nitrogen and oxygen atoms in total. The maximum atomic E-state index is 12.4. The van der Waals surface area contributed by atoms with Crippen LogP contribution in [0.15, 0.2) is 18.2 Å². The lowest BCUT2D eigenvalue weighted by atomic mass is 9.99. The minimum atomic E-state index is 0.0729. The molecule has 1 fully saturated rings. The molecule has 21 heavy (non-hydrogen) atoms. The topological polar surface area (TPSA) is 55.6 Å². The zero-order valence-corrected chi connectivity index (χ0v) is 13.3. The molecule has 1 atom stereocenters. The van der Waals surface area contributed by atoms with Crippen LogP contribution in [0.2, 0.25) is 0 Å². The van der Waals surface area contributed by atoms with Gasteiger partial charge in [0.1, 0.15) is 5.75 Å². The van der Waals surface area contributed by atoms with Gasteiger partial charge in [-0.1, -0.05) is 6.92 Å². The molecule has 2 rings (SSSR count). The van der Waals surface area contributed by atoms with E-state index in [4.69, 9.17) is 10.5 Å². The van der Waals surface area contributed by atoms with Gasteiger partial charge in [-0.3, -0.25) is 9.69 Å². The highest BCUT2D eigenvalue weighted by Crippen LogP contribution is 2.24. The number of nitrogens with two attached hydrogens (primary N) is 1. The van der Waals surface area contributed by atoms with Crippen LogP contribution >= 0.6 is 0 Å². The highest BCUT2D eigenvalue weighted by molar-refractivity contribution is 5.98. The first kappa shape index (κ1) is 15.8. The number of ketones is 1. The molecule has 1 unspecified atom stereocenters. The molecule has 1 aromatic rings. The van der Waals surface area contributed by atoms with Crippen molar-refractivity contribution in [2.45, 2.75) is 39.7 Å². The van der Waals surface area contributed by atoms with Crippen molar-refractivity contribution >= 4 is 11.5 Å². The van der Waals surface area contributed by atoms with Crippen LogP contribution in [0.25, 0.3) is 0 Å². The van der Waals surface area contributed by atoms with Crippen LogP contribution in [0, 0.1) is 5.92 Å². The van der Waals surface area contributed by atoms with Crippen LogP contribution < -0.4 is 10.5 Å². The zero-order valence-electron chi connectivity index (χ0n) is 13.3. The summed E-state index contributed by atoms with van der Waals surface area (Å²) in [4.78, 5) is 14.6. The van der Waals surface area contributed by atoms with Gasteiger partial charge >= 0.3 is 0 Å². The normalized spacial score (nSPS) is 19.7. The molecule has 0 saturated carbocycles. The lowest BCUT2D eigenvalue weighted by Gasteiger charge is -2.30. The second-order valence-electron chi connectivity index (χ2n) is 6.32. The Morgan fingerprint density at radius 2 is 2.24 bits per heavy atom. The van der Waals surface area contributed by atoms with E-state index in [2.05, 4.69) is 11.8 Å². The molecule has 4 heteroatoms. The molecule has 2 N–H and O–H groups in total. The van der Waals surface area contributed by atoms with Crippen molar-refractivity contribution in [3.05, 3.63) is 23.8 Å². The maximum Gasteiger partial charge on any atom is 0.176 e. The molecule has 0 bridgehead atoms. The fourth-order valence-corrected chi connectivity index (χ4v) is 2.81. The summed E-state index contributed by atoms with van der Waals surface area (Å²) in [6, 6.07) is 5.33. The van der Waals surface area contributed by atoms with Gasteiger partial charge in [0, 0.05) is 12.1 Å². The molecule has 0 aliphatic carbocycles. The summed E-state index contributed by atoms with van der Waals surface area (Å²) in [5, 5.41) is 0. The van der Waals surface area contributed by atoms with E-state index in [9.17, 15) is 4.79 Å². The highest BCUT2D eigenvalue weighted by atomic mass is 16.5. The maximum absolute atomic E-state index is 12.4. The number of piperidine rings is 1. The molecular formula is C17H26N2O2. The van der Waals surface area contributed by atoms with E-state index in [-0.39, 0.29) is 11.9 Å². The van der Waals surface area contributed by atoms with Gasteiger partial charge in [-0.15, -0.1) is 0 Å². The molecule has 1 saturated heterocycles. The summed E-state index contributed by atoms with van der Waals surface area (Å²) in [7, 11) is 0. The van der Waals surface area contributed by atoms with Crippen molar-refractivity contribution in [1.82, 2.24) is 4.90 Å². The monoisotopic (exact) mass is 290 g/mol. The van der Waals surface area contributed by atoms with E-state index >= 15 is 0 Å². The first-order valence-electron chi connectivity index (χ1n) is 7.77. The van der Waals surface area contributed by atoms with E-state index in [0.29, 0.717) is 29.5 Å². The molecule has 0 spiro atoms. The van der Waals surface area contributed by atoms with Crippen LogP contribution in [-0.2, 0) is 0 Å². The molecule has 1 aliphatic heterocycles. The van der Waals surface area contributed by atoms with Crippen molar-refractivity contribution < 1.29 is 9.53 Å². The quantitative estimate of drug-likeness (QED) is 0.669. The molecular weight excluding hydrogens is 264 g/mol. The van der Waals surface area contributed by atoms with E-state index in [1.54, 1.807) is 12.1 Å². The Kier molecular flexibility index (Phi) is 5.23. The van der Waals surface area contributed by atoms with E-state index < -0.39 is 0 Å². The number of anilines is 1. The van der Waals surface area contributed by atoms with E-state index in [1.165, 1.54) is 12.8 Å². The van der Waals surface area contributed by atoms with Crippen molar-refractivity contribution in [3.8, 4) is 5.75 Å². The van der Waals surface area contributed by atoms with Gasteiger partial charge in [0.15, 0.2) is 5.78 Å². The van der Waals surface area contributed by atoms with Gasteiger partial charge in [-0.25, -0.2) is 0 Å². The van der Waals surface area contributed by atoms with Crippen LogP contribution in [0.3, 0.4) is 0 Å². The number of likely N-dealkylation sites (tertiary alicyclic amines) is 1. The second-order valence-corrected chi connectivity index (χ2v) is 6.32. The van der Waals surface area contributed by atoms with Crippen molar-refractivity contribution in [1.29, 1.82) is 0 Å². The van der Waals surface area contributed by atoms with Gasteiger partial charge in [0.05, 0.1) is 18.3 Å². The molecule has 116 valence electrons. The number of carbonyl (C=O) groups is 1. The lowest BCUT2D eigenvalue weighted by Crippen LogP contribution is -2.38. The Labute approximate surface area is 127 Å². The average molecular weight is 290 g/mol. The Morgan fingerprint density at radius 1 is 1.48 bits per heavy atom. The minimum Gasteiger partial charge on any atom is -0.489 e. The minimum absolute atomic E-state index is 0.0729. The average Bonchev–Trinajstić information content (AvgIpc) is 2.40. The lowest BCUT2D eigenvalue weighted by molar-refractivity contribution is 0.0893. The number of rotatable bonds is 5. The van der Waals surface area contributed by atoms with Gasteiger partial charge in [-0.05, 0) is 57.4 Å². The Bertz CT molecular complexity index is 500. The van der Waals surface area contributed by atoms with Gasteiger partial charge in [-0.2, -0.15) is 0 Å². The predicted octanol–water partition coefficient (Wildman–Crippen LogP) is 2.97. The van der Waals surface area contributed by atoms with Gasteiger partial charge < -0.3 is 10.5 Å². The number of hydrogen-bond acceptors (Lipinski definition) is 4. The third-order valence-corrected chi connectivity index (χ3v) is 3.80. The van der Waals surface area contributed by atoms with Crippen LogP contribution in [-0.4, -0.2) is 36.4 Å². The van der Waals surface area contributed by atoms with Crippen molar-refractivity contribution in [3.63, 3.8) is 0 Å². The molecule has 1 aliphatic rings. The molecule has 0 amide bonds. The Hall–Kier alpha value is -1.55. The molecule has 1 heterocycles. The number of Topliss-reactive ketones (excluding diaryl/α,β-unsaturated/α-hetero) is 1. The summed E-state index contributed by atoms with van der Waals surface area (Å²) < 4.78 is 5.60. The highest BCUT2D eigenvalue weighted by Gasteiger charge is 2.19. The first-order chi connectivity index (χ1) is 9.95. The summed E-state index contributed by atoms with van der Waals surface area (Å²) in [6.07, 6.45) is 2.51. The van der Waals surface area contributed by atoms with Crippen LogP contribution in [0.1, 0.15) is 44.0 Å². The predicted molar refractivity (Wildman–Crippen MR) is 85.8 cm³/mol. The largest absolute Gasteiger partial charge is 0.489 e. The van der Waals surface area contributed by atoms with Crippen LogP contribution in [0.5, 0.6) is 5.75 Å². The summed E-state index contributed by atoms with van der Waals surface area (Å²) in [5.41, 5.74) is 7.17. The SMILES string of the molecule is CC1CCCN(CC(=O)c2ccc(OC(C)C)c(N)c2)C1. The number of benzene rings is 1. The third-order valence-electron chi connectivity index (χ3n) is 3.80. The number of ether oxygens (including phenoxy) is 1. The molecule has 0 radical (unpaired) electrons. The number of carbonyl (C=O) groups excluding carboxylic acids is 1.